The number of phenols is 1. The fourth-order valence-electron chi connectivity index (χ4n) is 2.79. The van der Waals surface area contributed by atoms with Crippen molar-refractivity contribution in [3.05, 3.63) is 77.1 Å². The van der Waals surface area contributed by atoms with E-state index in [-0.39, 0.29) is 17.1 Å². The lowest BCUT2D eigenvalue weighted by Crippen LogP contribution is -2.13. The van der Waals surface area contributed by atoms with Gasteiger partial charge in [-0.05, 0) is 31.2 Å². The maximum atomic E-state index is 12.5. The highest BCUT2D eigenvalue weighted by atomic mass is 35.5. The molecule has 0 saturated heterocycles. The number of nitrogens with zero attached hydrogens (tertiary/aromatic N) is 3. The van der Waals surface area contributed by atoms with Crippen LogP contribution in [0.15, 0.2) is 60.7 Å². The molecule has 0 fully saturated rings. The second-order valence-electron chi connectivity index (χ2n) is 6.06. The largest absolute Gasteiger partial charge is 0.506 e. The van der Waals surface area contributed by atoms with Crippen LogP contribution < -0.4 is 5.32 Å². The molecule has 0 bridgehead atoms. The number of aromatic nitrogens is 3. The summed E-state index contributed by atoms with van der Waals surface area (Å²) in [6.07, 6.45) is 0. The van der Waals surface area contributed by atoms with Gasteiger partial charge in [-0.3, -0.25) is 4.79 Å². The predicted molar refractivity (Wildman–Crippen MR) is 104 cm³/mol. The average molecular weight is 379 g/mol. The Morgan fingerprint density at radius 1 is 1.11 bits per heavy atom. The van der Waals surface area contributed by atoms with Crippen molar-refractivity contribution in [2.24, 2.45) is 0 Å². The van der Waals surface area contributed by atoms with Crippen LogP contribution in [0.4, 0.5) is 5.69 Å². The van der Waals surface area contributed by atoms with Crippen molar-refractivity contribution in [1.29, 1.82) is 0 Å². The van der Waals surface area contributed by atoms with Gasteiger partial charge >= 0.3 is 0 Å². The summed E-state index contributed by atoms with van der Waals surface area (Å²) in [7, 11) is 0. The number of carbonyl (C=O) groups is 1. The monoisotopic (exact) mass is 378 g/mol. The molecule has 27 heavy (non-hydrogen) atoms. The molecule has 4 rings (SSSR count). The molecule has 0 aliphatic rings. The first-order valence-electron chi connectivity index (χ1n) is 8.24. The zero-order valence-corrected chi connectivity index (χ0v) is 15.1. The number of fused-ring (bicyclic) bond motifs is 1. The van der Waals surface area contributed by atoms with Gasteiger partial charge in [-0.1, -0.05) is 41.9 Å². The highest BCUT2D eigenvalue weighted by Gasteiger charge is 2.15. The summed E-state index contributed by atoms with van der Waals surface area (Å²) in [5.41, 5.74) is 3.62. The Balaban J connectivity index is 1.70. The fraction of sp³-hybridized carbons (Fsp3) is 0.0500. The summed E-state index contributed by atoms with van der Waals surface area (Å²) in [4.78, 5) is 17.1. The smallest absolute Gasteiger partial charge is 0.276 e. The van der Waals surface area contributed by atoms with E-state index in [1.807, 2.05) is 43.3 Å². The van der Waals surface area contributed by atoms with Gasteiger partial charge in [-0.25, -0.2) is 9.50 Å². The molecule has 2 N–H and O–H groups in total. The number of aromatic hydroxyl groups is 1. The fourth-order valence-corrected chi connectivity index (χ4v) is 2.96. The van der Waals surface area contributed by atoms with Crippen LogP contribution in [0.2, 0.25) is 5.02 Å². The Labute approximate surface area is 160 Å². The molecular weight excluding hydrogens is 364 g/mol. The van der Waals surface area contributed by atoms with Gasteiger partial charge in [0.05, 0.1) is 11.4 Å². The maximum absolute atomic E-state index is 12.5. The van der Waals surface area contributed by atoms with Gasteiger partial charge in [0.1, 0.15) is 5.75 Å². The first kappa shape index (κ1) is 17.1. The van der Waals surface area contributed by atoms with Crippen LogP contribution in [-0.2, 0) is 0 Å². The van der Waals surface area contributed by atoms with Crippen molar-refractivity contribution < 1.29 is 9.90 Å². The Morgan fingerprint density at radius 3 is 2.67 bits per heavy atom. The standard InChI is InChI=1S/C20H15ClN4O2/c1-12-9-15(13-5-3-2-4-6-13)22-19-11-17(24-25(12)19)20(27)23-16-10-14(21)7-8-18(16)26/h2-11,26H,1H3,(H,23,27). The molecule has 0 aliphatic carbocycles. The van der Waals surface area contributed by atoms with Gasteiger partial charge in [0, 0.05) is 22.3 Å². The summed E-state index contributed by atoms with van der Waals surface area (Å²) in [5, 5.41) is 17.2. The third-order valence-electron chi connectivity index (χ3n) is 4.11. The number of halogens is 1. The molecule has 0 saturated carbocycles. The Kier molecular flexibility index (Phi) is 4.25. The van der Waals surface area contributed by atoms with Gasteiger partial charge in [0.25, 0.3) is 5.91 Å². The van der Waals surface area contributed by atoms with Crippen LogP contribution in [0.5, 0.6) is 5.75 Å². The van der Waals surface area contributed by atoms with Crippen molar-refractivity contribution in [3.63, 3.8) is 0 Å². The van der Waals surface area contributed by atoms with E-state index >= 15 is 0 Å². The topological polar surface area (TPSA) is 79.5 Å². The van der Waals surface area contributed by atoms with Gasteiger partial charge < -0.3 is 10.4 Å². The first-order chi connectivity index (χ1) is 13.0. The molecule has 2 heterocycles. The quantitative estimate of drug-likeness (QED) is 0.520. The average Bonchev–Trinajstić information content (AvgIpc) is 3.10. The van der Waals surface area contributed by atoms with Gasteiger partial charge in [0.15, 0.2) is 11.3 Å². The first-order valence-corrected chi connectivity index (χ1v) is 8.62. The highest BCUT2D eigenvalue weighted by molar-refractivity contribution is 6.31. The van der Waals surface area contributed by atoms with Crippen molar-refractivity contribution in [2.45, 2.75) is 6.92 Å². The van der Waals surface area contributed by atoms with E-state index in [4.69, 9.17) is 11.6 Å². The summed E-state index contributed by atoms with van der Waals surface area (Å²) < 4.78 is 1.61. The SMILES string of the molecule is Cc1cc(-c2ccccc2)nc2cc(C(=O)Nc3cc(Cl)ccc3O)nn12. The van der Waals surface area contributed by atoms with Crippen LogP contribution in [-0.4, -0.2) is 25.6 Å². The molecule has 134 valence electrons. The minimum Gasteiger partial charge on any atom is -0.506 e. The number of phenolic OH excluding ortho intramolecular Hbond substituents is 1. The highest BCUT2D eigenvalue weighted by Crippen LogP contribution is 2.27. The van der Waals surface area contributed by atoms with E-state index in [1.54, 1.807) is 10.6 Å². The van der Waals surface area contributed by atoms with Gasteiger partial charge in [0.2, 0.25) is 0 Å². The molecule has 4 aromatic rings. The lowest BCUT2D eigenvalue weighted by Gasteiger charge is -2.06. The second kappa shape index (κ2) is 6.74. The van der Waals surface area contributed by atoms with Crippen LogP contribution in [0.25, 0.3) is 16.9 Å². The zero-order chi connectivity index (χ0) is 19.0. The summed E-state index contributed by atoms with van der Waals surface area (Å²) >= 11 is 5.91. The van der Waals surface area contributed by atoms with Crippen molar-refractivity contribution in [2.75, 3.05) is 5.32 Å². The van der Waals surface area contributed by atoms with E-state index < -0.39 is 5.91 Å². The third-order valence-corrected chi connectivity index (χ3v) is 4.35. The number of benzene rings is 2. The van der Waals surface area contributed by atoms with Crippen molar-refractivity contribution in [1.82, 2.24) is 14.6 Å². The number of hydrogen-bond acceptors (Lipinski definition) is 4. The van der Waals surface area contributed by atoms with Crippen LogP contribution in [0.3, 0.4) is 0 Å². The minimum absolute atomic E-state index is 0.0721. The molecule has 6 nitrogen and oxygen atoms in total. The molecule has 0 atom stereocenters. The minimum atomic E-state index is -0.460. The van der Waals surface area contributed by atoms with E-state index in [0.29, 0.717) is 10.7 Å². The summed E-state index contributed by atoms with van der Waals surface area (Å²) in [5.74, 6) is -0.532. The van der Waals surface area contributed by atoms with Crippen molar-refractivity contribution in [3.8, 4) is 17.0 Å². The predicted octanol–water partition coefficient (Wildman–Crippen LogP) is 4.32. The number of amides is 1. The number of aryl methyl sites for hydroxylation is 1. The van der Waals surface area contributed by atoms with Gasteiger partial charge in [-0.2, -0.15) is 5.10 Å². The molecule has 0 aliphatic heterocycles. The summed E-state index contributed by atoms with van der Waals surface area (Å²) in [6, 6.07) is 17.7. The number of nitrogens with one attached hydrogen (secondary N) is 1. The number of carbonyl (C=O) groups excluding carboxylic acids is 1. The molecule has 0 radical (unpaired) electrons. The normalized spacial score (nSPS) is 10.9. The molecule has 2 aromatic heterocycles. The van der Waals surface area contributed by atoms with Crippen LogP contribution in [0.1, 0.15) is 16.2 Å². The van der Waals surface area contributed by atoms with E-state index in [2.05, 4.69) is 15.4 Å². The Bertz CT molecular complexity index is 1160. The Morgan fingerprint density at radius 2 is 1.89 bits per heavy atom. The molecular formula is C20H15ClN4O2. The second-order valence-corrected chi connectivity index (χ2v) is 6.50. The number of anilines is 1. The Hall–Kier alpha value is -3.38. The third kappa shape index (κ3) is 3.35. The van der Waals surface area contributed by atoms with Crippen LogP contribution >= 0.6 is 11.6 Å². The lowest BCUT2D eigenvalue weighted by atomic mass is 10.1. The zero-order valence-electron chi connectivity index (χ0n) is 14.3. The van der Waals surface area contributed by atoms with E-state index in [0.717, 1.165) is 17.0 Å². The number of hydrogen-bond donors (Lipinski definition) is 2. The van der Waals surface area contributed by atoms with E-state index in [9.17, 15) is 9.90 Å². The lowest BCUT2D eigenvalue weighted by molar-refractivity contribution is 0.102. The van der Waals surface area contributed by atoms with Crippen molar-refractivity contribution >= 4 is 28.8 Å². The van der Waals surface area contributed by atoms with E-state index in [1.165, 1.54) is 18.2 Å². The summed E-state index contributed by atoms with van der Waals surface area (Å²) in [6.45, 7) is 1.90. The molecule has 7 heteroatoms. The molecule has 0 unspecified atom stereocenters. The number of rotatable bonds is 3. The van der Waals surface area contributed by atoms with Crippen LogP contribution in [0, 0.1) is 6.92 Å². The molecule has 0 spiro atoms. The molecule has 2 aromatic carbocycles. The maximum Gasteiger partial charge on any atom is 0.276 e. The van der Waals surface area contributed by atoms with Gasteiger partial charge in [-0.15, -0.1) is 0 Å². The molecule has 1 amide bonds.